The summed E-state index contributed by atoms with van der Waals surface area (Å²) < 4.78 is 15.7. The van der Waals surface area contributed by atoms with E-state index in [0.29, 0.717) is 6.54 Å². The Labute approximate surface area is 235 Å². The molecule has 4 aromatic rings. The van der Waals surface area contributed by atoms with Crippen LogP contribution in [0.2, 0.25) is 0 Å². The molecule has 0 aliphatic carbocycles. The first-order valence-electron chi connectivity index (χ1n) is 11.4. The molecule has 10 heteroatoms. The summed E-state index contributed by atoms with van der Waals surface area (Å²) in [5.74, 6) is 0.205. The smallest absolute Gasteiger partial charge is 0.870 e. The first kappa shape index (κ1) is 29.8. The Morgan fingerprint density at radius 2 is 1.19 bits per heavy atom. The minimum atomic E-state index is -0.348. The van der Waals surface area contributed by atoms with E-state index in [2.05, 4.69) is 50.0 Å². The van der Waals surface area contributed by atoms with E-state index >= 15 is 0 Å². The van der Waals surface area contributed by atoms with Gasteiger partial charge in [-0.05, 0) is 38.8 Å². The fourth-order valence-electron chi connectivity index (χ4n) is 3.55. The van der Waals surface area contributed by atoms with Gasteiger partial charge in [0.2, 0.25) is 0 Å². The topological polar surface area (TPSA) is 104 Å². The Morgan fingerprint density at radius 1 is 0.750 bits per heavy atom. The molecule has 0 spiro atoms. The van der Waals surface area contributed by atoms with Crippen LogP contribution >= 0.6 is 0 Å². The van der Waals surface area contributed by atoms with Crippen molar-refractivity contribution in [1.82, 2.24) is 19.6 Å². The van der Waals surface area contributed by atoms with Crippen LogP contribution in [0, 0.1) is 0 Å². The molecule has 3 heterocycles. The predicted molar refractivity (Wildman–Crippen MR) is 135 cm³/mol. The van der Waals surface area contributed by atoms with Crippen molar-refractivity contribution >= 4 is 12.6 Å². The van der Waals surface area contributed by atoms with Crippen LogP contribution in [0.4, 0.5) is 0 Å². The van der Waals surface area contributed by atoms with Gasteiger partial charge in [-0.3, -0.25) is 9.36 Å². The molecule has 184 valence electrons. The van der Waals surface area contributed by atoms with Crippen LogP contribution in [0.1, 0.15) is 38.8 Å². The van der Waals surface area contributed by atoms with Gasteiger partial charge in [-0.1, -0.05) is 60.7 Å². The first-order chi connectivity index (χ1) is 16.2. The number of hydrogen-bond donors (Lipinski definition) is 1. The average molecular weight is 498 g/mol. The molecule has 0 radical (unpaired) electrons. The van der Waals surface area contributed by atoms with E-state index < -0.39 is 0 Å². The number of benzene rings is 2. The molecule has 1 saturated heterocycles. The molecular formula is C26H32BN4NaO4. The van der Waals surface area contributed by atoms with Crippen LogP contribution in [0.3, 0.4) is 0 Å². The molecular weight excluding hydrogens is 466 g/mol. The second kappa shape index (κ2) is 12.7. The maximum atomic E-state index is 9.05. The zero-order chi connectivity index (χ0) is 24.2. The molecule has 0 amide bonds. The minimum Gasteiger partial charge on any atom is -0.870 e. The summed E-state index contributed by atoms with van der Waals surface area (Å²) in [5, 5.41) is 17.4. The largest absolute Gasteiger partial charge is 1.00 e. The van der Waals surface area contributed by atoms with Gasteiger partial charge in [-0.25, -0.2) is 0 Å². The Balaban J connectivity index is 0.000000264. The summed E-state index contributed by atoms with van der Waals surface area (Å²) >= 11 is 0. The zero-order valence-corrected chi connectivity index (χ0v) is 23.6. The molecule has 2 aromatic heterocycles. The third-order valence-electron chi connectivity index (χ3n) is 6.17. The van der Waals surface area contributed by atoms with Crippen LogP contribution in [-0.4, -0.2) is 48.5 Å². The molecule has 1 aliphatic rings. The zero-order valence-electron chi connectivity index (χ0n) is 21.6. The molecule has 5 rings (SSSR count). The number of aromatic nitrogens is 4. The molecule has 36 heavy (non-hydrogen) atoms. The monoisotopic (exact) mass is 498 g/mol. The van der Waals surface area contributed by atoms with E-state index in [9.17, 15) is 0 Å². The molecule has 0 unspecified atom stereocenters. The standard InChI is InChI=1S/C16H21BN2O2.C10H10N2O.Na.H2O/c1-15(2)16(3,4)21-17(20-15)14-10-18-19(12-14)11-13-8-6-5-7-9-13;13-10-6-11-12(8-10)7-9-4-2-1-3-5-9;;/h5-10,12H,11H2,1-4H3;1-6,8,13H,7H2;;1H2/q;;+1;/p-1. The average Bonchev–Trinajstić information content (AvgIpc) is 3.48. The summed E-state index contributed by atoms with van der Waals surface area (Å²) in [6.07, 6.45) is 6.86. The van der Waals surface area contributed by atoms with Crippen molar-refractivity contribution in [2.24, 2.45) is 0 Å². The minimum absolute atomic E-state index is 0. The van der Waals surface area contributed by atoms with Crippen molar-refractivity contribution in [3.05, 3.63) is 96.6 Å². The number of aromatic hydroxyl groups is 1. The van der Waals surface area contributed by atoms with Crippen molar-refractivity contribution in [2.45, 2.75) is 52.0 Å². The molecule has 8 nitrogen and oxygen atoms in total. The van der Waals surface area contributed by atoms with E-state index in [1.165, 1.54) is 17.3 Å². The maximum absolute atomic E-state index is 9.05. The van der Waals surface area contributed by atoms with Crippen molar-refractivity contribution < 1.29 is 49.4 Å². The van der Waals surface area contributed by atoms with E-state index in [1.807, 2.05) is 65.6 Å². The van der Waals surface area contributed by atoms with Gasteiger partial charge in [0.05, 0.1) is 36.7 Å². The number of nitrogens with zero attached hydrogens (tertiary/aromatic N) is 4. The third-order valence-corrected chi connectivity index (χ3v) is 6.17. The molecule has 2 aromatic carbocycles. The van der Waals surface area contributed by atoms with Crippen molar-refractivity contribution in [3.8, 4) is 5.75 Å². The van der Waals surface area contributed by atoms with Crippen LogP contribution in [0.15, 0.2) is 85.5 Å². The Morgan fingerprint density at radius 3 is 1.64 bits per heavy atom. The normalized spacial score (nSPS) is 15.3. The van der Waals surface area contributed by atoms with Crippen molar-refractivity contribution in [3.63, 3.8) is 0 Å². The van der Waals surface area contributed by atoms with Gasteiger partial charge >= 0.3 is 36.7 Å². The molecule has 0 bridgehead atoms. The SMILES string of the molecule is CC1(C)OB(c2cnn(Cc3ccccc3)c2)OC1(C)C.Oc1cnn(Cc2ccccc2)c1.[Na+].[OH-]. The molecule has 1 aliphatic heterocycles. The summed E-state index contributed by atoms with van der Waals surface area (Å²) in [6.45, 7) is 9.67. The van der Waals surface area contributed by atoms with Gasteiger partial charge in [0.15, 0.2) is 5.75 Å². The number of hydrogen-bond acceptors (Lipinski definition) is 6. The summed E-state index contributed by atoms with van der Waals surface area (Å²) in [4.78, 5) is 0. The first-order valence-corrected chi connectivity index (χ1v) is 11.4. The maximum Gasteiger partial charge on any atom is 1.00 e. The Hall–Kier alpha value is -2.40. The van der Waals surface area contributed by atoms with Gasteiger partial charge in [0, 0.05) is 17.9 Å². The van der Waals surface area contributed by atoms with Gasteiger partial charge < -0.3 is 19.9 Å². The van der Waals surface area contributed by atoms with Gasteiger partial charge in [0.25, 0.3) is 0 Å². The quantitative estimate of drug-likeness (QED) is 0.407. The predicted octanol–water partition coefficient (Wildman–Crippen LogP) is 0.695. The van der Waals surface area contributed by atoms with Crippen LogP contribution in [0.5, 0.6) is 5.75 Å². The summed E-state index contributed by atoms with van der Waals surface area (Å²) in [5.41, 5.74) is 2.72. The summed E-state index contributed by atoms with van der Waals surface area (Å²) in [7, 11) is -0.348. The van der Waals surface area contributed by atoms with E-state index in [1.54, 1.807) is 10.9 Å². The second-order valence-corrected chi connectivity index (χ2v) is 9.43. The van der Waals surface area contributed by atoms with E-state index in [-0.39, 0.29) is 59.1 Å². The van der Waals surface area contributed by atoms with Gasteiger partial charge in [0.1, 0.15) is 0 Å². The van der Waals surface area contributed by atoms with E-state index in [0.717, 1.165) is 12.0 Å². The second-order valence-electron chi connectivity index (χ2n) is 9.43. The fraction of sp³-hybridized carbons (Fsp3) is 0.308. The number of rotatable bonds is 5. The third kappa shape index (κ3) is 7.55. The van der Waals surface area contributed by atoms with Crippen LogP contribution in [0.25, 0.3) is 0 Å². The van der Waals surface area contributed by atoms with Crippen LogP contribution in [-0.2, 0) is 22.4 Å². The fourth-order valence-corrected chi connectivity index (χ4v) is 3.55. The van der Waals surface area contributed by atoms with Crippen LogP contribution < -0.4 is 35.0 Å². The van der Waals surface area contributed by atoms with Gasteiger partial charge in [-0.15, -0.1) is 0 Å². The van der Waals surface area contributed by atoms with E-state index in [4.69, 9.17) is 14.4 Å². The Kier molecular flexibility index (Phi) is 10.5. The summed E-state index contributed by atoms with van der Waals surface area (Å²) in [6, 6.07) is 20.3. The van der Waals surface area contributed by atoms with Crippen molar-refractivity contribution in [2.75, 3.05) is 0 Å². The van der Waals surface area contributed by atoms with Gasteiger partial charge in [-0.2, -0.15) is 10.2 Å². The molecule has 2 N–H and O–H groups in total. The molecule has 0 atom stereocenters. The van der Waals surface area contributed by atoms with Crippen molar-refractivity contribution in [1.29, 1.82) is 0 Å². The molecule has 1 fully saturated rings. The molecule has 0 saturated carbocycles. The Bertz CT molecular complexity index is 1180.